The maximum atomic E-state index is 13.4. The molecule has 2 heterocycles. The molecule has 0 saturated heterocycles. The molecule has 3 rings (SSSR count). The van der Waals surface area contributed by atoms with E-state index in [1.807, 2.05) is 30.3 Å². The van der Waals surface area contributed by atoms with Crippen molar-refractivity contribution in [3.8, 4) is 0 Å². The minimum Gasteiger partial charge on any atom is -0.465 e. The predicted molar refractivity (Wildman–Crippen MR) is 121 cm³/mol. The van der Waals surface area contributed by atoms with Gasteiger partial charge in [-0.1, -0.05) is 30.3 Å². The monoisotopic (exact) mass is 480 g/mol. The van der Waals surface area contributed by atoms with Crippen molar-refractivity contribution in [3.05, 3.63) is 47.9 Å². The fourth-order valence-electron chi connectivity index (χ4n) is 3.07. The number of aliphatic hydroxyl groups excluding tert-OH is 1. The Morgan fingerprint density at radius 2 is 2.15 bits per heavy atom. The number of nitrogens with one attached hydrogen (secondary N) is 2. The summed E-state index contributed by atoms with van der Waals surface area (Å²) in [5.41, 5.74) is 6.84. The van der Waals surface area contributed by atoms with Crippen molar-refractivity contribution in [1.82, 2.24) is 14.6 Å². The van der Waals surface area contributed by atoms with E-state index in [-0.39, 0.29) is 32.1 Å². The number of rotatable bonds is 12. The lowest BCUT2D eigenvalue weighted by Gasteiger charge is -2.23. The van der Waals surface area contributed by atoms with Gasteiger partial charge in [-0.05, 0) is 19.4 Å². The van der Waals surface area contributed by atoms with Crippen molar-refractivity contribution < 1.29 is 28.5 Å². The summed E-state index contributed by atoms with van der Waals surface area (Å²) in [7, 11) is -3.56. The van der Waals surface area contributed by atoms with Gasteiger partial charge in [-0.25, -0.2) is 15.1 Å². The number of guanidine groups is 1. The highest BCUT2D eigenvalue weighted by Gasteiger charge is 2.30. The molecule has 13 heteroatoms. The van der Waals surface area contributed by atoms with Crippen molar-refractivity contribution in [2.24, 2.45) is 10.7 Å². The van der Waals surface area contributed by atoms with Crippen LogP contribution < -0.4 is 16.1 Å². The minimum atomic E-state index is -3.56. The number of aliphatic hydroxyl groups is 1. The number of hydrogen-bond acceptors (Lipinski definition) is 10. The molecule has 0 spiro atoms. The Labute approximate surface area is 191 Å². The summed E-state index contributed by atoms with van der Waals surface area (Å²) in [4.78, 5) is 19.9. The largest absolute Gasteiger partial charge is 0.465 e. The molecular formula is C20H29N6O6P. The number of aliphatic imine (C=N–C) groups is 1. The number of hydrogen-bond donors (Lipinski definition) is 4. The normalized spacial score (nSPS) is 17.9. The number of nitrogens with two attached hydrogens (primary N) is 1. The van der Waals surface area contributed by atoms with Crippen molar-refractivity contribution in [1.29, 1.82) is 0 Å². The summed E-state index contributed by atoms with van der Waals surface area (Å²) >= 11 is 0. The fourth-order valence-corrected chi connectivity index (χ4v) is 4.71. The number of aromatic nitrogens is 2. The van der Waals surface area contributed by atoms with Crippen LogP contribution in [0.3, 0.4) is 0 Å². The van der Waals surface area contributed by atoms with Crippen LogP contribution in [0.1, 0.15) is 31.3 Å². The zero-order valence-electron chi connectivity index (χ0n) is 18.5. The Balaban J connectivity index is 1.59. The molecule has 2 unspecified atom stereocenters. The van der Waals surface area contributed by atoms with Gasteiger partial charge in [0.05, 0.1) is 26.1 Å². The second-order valence-electron chi connectivity index (χ2n) is 7.26. The van der Waals surface area contributed by atoms with Crippen molar-refractivity contribution in [2.75, 3.05) is 24.9 Å². The van der Waals surface area contributed by atoms with E-state index >= 15 is 0 Å². The van der Waals surface area contributed by atoms with Gasteiger partial charge in [-0.2, -0.15) is 0 Å². The van der Waals surface area contributed by atoms with Gasteiger partial charge in [0.25, 0.3) is 7.52 Å². The lowest BCUT2D eigenvalue weighted by molar-refractivity contribution is -0.144. The van der Waals surface area contributed by atoms with Gasteiger partial charge in [-0.3, -0.25) is 9.36 Å². The van der Waals surface area contributed by atoms with Crippen LogP contribution in [0, 0.1) is 0 Å². The van der Waals surface area contributed by atoms with Gasteiger partial charge in [0.1, 0.15) is 23.9 Å². The fraction of sp³-hybridized carbons (Fsp3) is 0.450. The Morgan fingerprint density at radius 1 is 1.39 bits per heavy atom. The van der Waals surface area contributed by atoms with E-state index < -0.39 is 25.8 Å². The summed E-state index contributed by atoms with van der Waals surface area (Å²) in [6, 6.07) is 8.42. The topological polar surface area (TPSA) is 162 Å². The number of benzene rings is 1. The number of nitrogens with zero attached hydrogens (tertiary/aromatic N) is 3. The molecule has 1 aromatic carbocycles. The molecule has 1 aliphatic rings. The van der Waals surface area contributed by atoms with Crippen LogP contribution in [0.2, 0.25) is 0 Å². The average molecular weight is 480 g/mol. The molecule has 1 aromatic heterocycles. The molecular weight excluding hydrogens is 451 g/mol. The quantitative estimate of drug-likeness (QED) is 0.199. The number of esters is 1. The summed E-state index contributed by atoms with van der Waals surface area (Å²) in [5, 5.41) is 15.5. The predicted octanol–water partition coefficient (Wildman–Crippen LogP) is 1.54. The number of anilines is 1. The zero-order valence-corrected chi connectivity index (χ0v) is 19.4. The number of fused-ring (bicyclic) bond motifs is 1. The van der Waals surface area contributed by atoms with Crippen LogP contribution in [0.25, 0.3) is 0 Å². The maximum Gasteiger partial charge on any atom is 0.323 e. The van der Waals surface area contributed by atoms with Crippen molar-refractivity contribution >= 4 is 25.3 Å². The molecule has 12 nitrogen and oxygen atoms in total. The van der Waals surface area contributed by atoms with Gasteiger partial charge in [0.15, 0.2) is 12.2 Å². The molecule has 0 saturated carbocycles. The Hall–Kier alpha value is -2.76. The average Bonchev–Trinajstić information content (AvgIpc) is 3.19. The number of carbonyl (C=O) groups is 1. The lowest BCUT2D eigenvalue weighted by atomic mass is 10.2. The smallest absolute Gasteiger partial charge is 0.323 e. The van der Waals surface area contributed by atoms with E-state index in [0.717, 1.165) is 5.56 Å². The van der Waals surface area contributed by atoms with E-state index in [1.165, 1.54) is 6.33 Å². The van der Waals surface area contributed by atoms with E-state index in [1.54, 1.807) is 18.4 Å². The molecule has 0 radical (unpaired) electrons. The van der Waals surface area contributed by atoms with E-state index in [2.05, 4.69) is 20.4 Å². The third kappa shape index (κ3) is 6.86. The van der Waals surface area contributed by atoms with Crippen LogP contribution in [0.4, 0.5) is 5.82 Å². The van der Waals surface area contributed by atoms with Gasteiger partial charge in [0, 0.05) is 6.54 Å². The second kappa shape index (κ2) is 11.4. The van der Waals surface area contributed by atoms with Crippen LogP contribution in [0.5, 0.6) is 0 Å². The van der Waals surface area contributed by atoms with E-state index in [0.29, 0.717) is 18.1 Å². The molecule has 5 N–H and O–H groups in total. The molecule has 0 bridgehead atoms. The van der Waals surface area contributed by atoms with Crippen LogP contribution in [-0.2, 0) is 36.5 Å². The van der Waals surface area contributed by atoms with Gasteiger partial charge in [-0.15, -0.1) is 0 Å². The highest BCUT2D eigenvalue weighted by Crippen LogP contribution is 2.44. The molecule has 2 aromatic rings. The first-order valence-corrected chi connectivity index (χ1v) is 12.3. The molecule has 1 aliphatic heterocycles. The zero-order chi connectivity index (χ0) is 23.8. The molecule has 33 heavy (non-hydrogen) atoms. The number of carbonyl (C=O) groups excluding carboxylic acids is 1. The summed E-state index contributed by atoms with van der Waals surface area (Å²) in [6.45, 7) is 4.04. The lowest BCUT2D eigenvalue weighted by Crippen LogP contribution is -2.35. The van der Waals surface area contributed by atoms with Crippen molar-refractivity contribution in [2.45, 2.75) is 39.3 Å². The molecule has 0 aliphatic carbocycles. The summed E-state index contributed by atoms with van der Waals surface area (Å²) < 4.78 is 31.4. The Bertz CT molecular complexity index is 1010. The number of ether oxygens (including phenoxy) is 2. The first-order valence-electron chi connectivity index (χ1n) is 10.4. The second-order valence-corrected chi connectivity index (χ2v) is 9.38. The molecule has 0 fully saturated rings. The standard InChI is InChI=1S/C20H29N6O6P/c1-3-31-19(28)14(2)25-33(29,32-11-15-7-5-4-6-8-15)13-30-10-9-26-12-22-16-17(26)23-20(21)24-18(16)27/h4-8,12,14,18,27H,3,9-11,13H2,1-2H3,(H,25,29)(H3,21,23,24)/t14-,18?,33?/m1/s1. The van der Waals surface area contributed by atoms with E-state index in [9.17, 15) is 14.5 Å². The van der Waals surface area contributed by atoms with Crippen LogP contribution >= 0.6 is 7.52 Å². The Morgan fingerprint density at radius 3 is 2.88 bits per heavy atom. The molecule has 0 amide bonds. The highest BCUT2D eigenvalue weighted by molar-refractivity contribution is 7.56. The van der Waals surface area contributed by atoms with Gasteiger partial charge < -0.3 is 34.7 Å². The SMILES string of the molecule is CCOC(=O)[C@@H](C)NP(=O)(COCCn1cnc2c1NC(N)=NC2O)OCc1ccccc1. The number of imidazole rings is 1. The highest BCUT2D eigenvalue weighted by atomic mass is 31.2. The summed E-state index contributed by atoms with van der Waals surface area (Å²) in [6.07, 6.45) is 0.119. The maximum absolute atomic E-state index is 13.4. The molecule has 180 valence electrons. The van der Waals surface area contributed by atoms with Gasteiger partial charge >= 0.3 is 5.97 Å². The third-order valence-corrected chi connectivity index (χ3v) is 6.52. The first-order chi connectivity index (χ1) is 15.8. The molecule has 3 atom stereocenters. The van der Waals surface area contributed by atoms with Gasteiger partial charge in [0.2, 0.25) is 0 Å². The van der Waals surface area contributed by atoms with Crippen molar-refractivity contribution in [3.63, 3.8) is 0 Å². The first kappa shape index (κ1) is 24.9. The Kier molecular flexibility index (Phi) is 8.59. The summed E-state index contributed by atoms with van der Waals surface area (Å²) in [5.74, 6) is 0.0553. The minimum absolute atomic E-state index is 0.0774. The van der Waals surface area contributed by atoms with Crippen LogP contribution in [0.15, 0.2) is 41.7 Å². The third-order valence-electron chi connectivity index (χ3n) is 4.67. The van der Waals surface area contributed by atoms with E-state index in [4.69, 9.17) is 19.7 Å². The van der Waals surface area contributed by atoms with Crippen LogP contribution in [-0.4, -0.2) is 52.2 Å².